The van der Waals surface area contributed by atoms with Gasteiger partial charge in [-0.2, -0.15) is 0 Å². The van der Waals surface area contributed by atoms with Crippen molar-refractivity contribution in [1.82, 2.24) is 4.98 Å². The standard InChI is InChI=1S/C15H12ClNO/c1-10(16)15-17-9-14(18-15)13-7-6-11-4-2-3-5-12(11)8-13/h2-10H,1H3. The lowest BCUT2D eigenvalue weighted by Crippen LogP contribution is -1.80. The fourth-order valence-corrected chi connectivity index (χ4v) is 2.05. The smallest absolute Gasteiger partial charge is 0.212 e. The van der Waals surface area contributed by atoms with Crippen molar-refractivity contribution < 1.29 is 4.42 Å². The van der Waals surface area contributed by atoms with Crippen LogP contribution < -0.4 is 0 Å². The van der Waals surface area contributed by atoms with Crippen LogP contribution in [0.5, 0.6) is 0 Å². The first-order valence-corrected chi connectivity index (χ1v) is 6.26. The van der Waals surface area contributed by atoms with Crippen LogP contribution in [0.4, 0.5) is 0 Å². The Morgan fingerprint density at radius 2 is 1.89 bits per heavy atom. The molecule has 3 aromatic rings. The number of oxazole rings is 1. The Balaban J connectivity index is 2.07. The number of rotatable bonds is 2. The van der Waals surface area contributed by atoms with E-state index in [2.05, 4.69) is 29.2 Å². The minimum absolute atomic E-state index is 0.209. The minimum Gasteiger partial charge on any atom is -0.439 e. The summed E-state index contributed by atoms with van der Waals surface area (Å²) in [6, 6.07) is 14.4. The van der Waals surface area contributed by atoms with E-state index in [1.807, 2.05) is 25.1 Å². The number of fused-ring (bicyclic) bond motifs is 1. The van der Waals surface area contributed by atoms with Crippen LogP contribution in [0.3, 0.4) is 0 Å². The fraction of sp³-hybridized carbons (Fsp3) is 0.133. The van der Waals surface area contributed by atoms with E-state index < -0.39 is 0 Å². The van der Waals surface area contributed by atoms with Crippen molar-refractivity contribution in [3.8, 4) is 11.3 Å². The van der Waals surface area contributed by atoms with E-state index in [1.165, 1.54) is 10.8 Å². The van der Waals surface area contributed by atoms with Gasteiger partial charge >= 0.3 is 0 Å². The van der Waals surface area contributed by atoms with Crippen LogP contribution in [0.2, 0.25) is 0 Å². The van der Waals surface area contributed by atoms with Gasteiger partial charge in [-0.1, -0.05) is 36.4 Å². The van der Waals surface area contributed by atoms with Gasteiger partial charge in [0.1, 0.15) is 5.38 Å². The van der Waals surface area contributed by atoms with Gasteiger partial charge in [0, 0.05) is 5.56 Å². The Labute approximate surface area is 110 Å². The summed E-state index contributed by atoms with van der Waals surface area (Å²) >= 11 is 5.94. The molecular formula is C15H12ClNO. The van der Waals surface area contributed by atoms with E-state index in [-0.39, 0.29) is 5.38 Å². The highest BCUT2D eigenvalue weighted by Crippen LogP contribution is 2.27. The summed E-state index contributed by atoms with van der Waals surface area (Å²) in [5.74, 6) is 1.31. The summed E-state index contributed by atoms with van der Waals surface area (Å²) in [4.78, 5) is 4.17. The van der Waals surface area contributed by atoms with Crippen LogP contribution in [0.25, 0.3) is 22.1 Å². The molecule has 0 aliphatic carbocycles. The van der Waals surface area contributed by atoms with Gasteiger partial charge in [0.05, 0.1) is 6.20 Å². The Morgan fingerprint density at radius 3 is 2.61 bits per heavy atom. The minimum atomic E-state index is -0.209. The monoisotopic (exact) mass is 257 g/mol. The normalized spacial score (nSPS) is 12.8. The number of aromatic nitrogens is 1. The lowest BCUT2D eigenvalue weighted by Gasteiger charge is -2.00. The summed E-state index contributed by atoms with van der Waals surface area (Å²) in [6.45, 7) is 1.84. The molecule has 0 fully saturated rings. The van der Waals surface area contributed by atoms with Crippen LogP contribution in [-0.4, -0.2) is 4.98 Å². The fourth-order valence-electron chi connectivity index (χ4n) is 1.95. The zero-order valence-electron chi connectivity index (χ0n) is 9.93. The molecule has 18 heavy (non-hydrogen) atoms. The largest absolute Gasteiger partial charge is 0.439 e. The molecule has 0 bridgehead atoms. The second kappa shape index (κ2) is 4.46. The molecule has 90 valence electrons. The lowest BCUT2D eigenvalue weighted by molar-refractivity contribution is 0.508. The van der Waals surface area contributed by atoms with E-state index in [0.717, 1.165) is 11.3 Å². The van der Waals surface area contributed by atoms with Gasteiger partial charge < -0.3 is 4.42 Å². The highest BCUT2D eigenvalue weighted by atomic mass is 35.5. The highest BCUT2D eigenvalue weighted by Gasteiger charge is 2.10. The predicted octanol–water partition coefficient (Wildman–Crippen LogP) is 4.79. The molecule has 1 aromatic heterocycles. The molecule has 3 rings (SSSR count). The molecule has 2 nitrogen and oxygen atoms in total. The number of alkyl halides is 1. The molecule has 2 aromatic carbocycles. The molecule has 0 radical (unpaired) electrons. The third-order valence-corrected chi connectivity index (χ3v) is 3.08. The van der Waals surface area contributed by atoms with E-state index >= 15 is 0 Å². The van der Waals surface area contributed by atoms with Crippen molar-refractivity contribution in [2.45, 2.75) is 12.3 Å². The Bertz CT molecular complexity index is 688. The quantitative estimate of drug-likeness (QED) is 0.617. The number of hydrogen-bond donors (Lipinski definition) is 0. The van der Waals surface area contributed by atoms with Gasteiger partial charge in [0.25, 0.3) is 0 Å². The summed E-state index contributed by atoms with van der Waals surface area (Å²) in [5, 5.41) is 2.19. The molecule has 0 saturated carbocycles. The van der Waals surface area contributed by atoms with Crippen LogP contribution in [-0.2, 0) is 0 Å². The number of benzene rings is 2. The van der Waals surface area contributed by atoms with Gasteiger partial charge in [0.15, 0.2) is 5.76 Å². The highest BCUT2D eigenvalue weighted by molar-refractivity contribution is 6.20. The molecule has 1 heterocycles. The number of nitrogens with zero attached hydrogens (tertiary/aromatic N) is 1. The Kier molecular flexibility index (Phi) is 2.80. The second-order valence-corrected chi connectivity index (χ2v) is 4.90. The van der Waals surface area contributed by atoms with Gasteiger partial charge in [-0.25, -0.2) is 4.98 Å². The molecule has 0 N–H and O–H groups in total. The summed E-state index contributed by atoms with van der Waals surface area (Å²) in [6.07, 6.45) is 1.72. The summed E-state index contributed by atoms with van der Waals surface area (Å²) in [5.41, 5.74) is 1.02. The molecule has 1 unspecified atom stereocenters. The molecule has 0 aliphatic rings. The molecular weight excluding hydrogens is 246 g/mol. The summed E-state index contributed by atoms with van der Waals surface area (Å²) in [7, 11) is 0. The predicted molar refractivity (Wildman–Crippen MR) is 73.7 cm³/mol. The molecule has 1 atom stereocenters. The topological polar surface area (TPSA) is 26.0 Å². The zero-order chi connectivity index (χ0) is 12.5. The van der Waals surface area contributed by atoms with Crippen LogP contribution >= 0.6 is 11.6 Å². The Morgan fingerprint density at radius 1 is 1.11 bits per heavy atom. The van der Waals surface area contributed by atoms with Crippen LogP contribution in [0, 0.1) is 0 Å². The molecule has 0 aliphatic heterocycles. The maximum atomic E-state index is 5.94. The molecule has 0 spiro atoms. The molecule has 0 amide bonds. The van der Waals surface area contributed by atoms with Gasteiger partial charge in [-0.15, -0.1) is 11.6 Å². The summed E-state index contributed by atoms with van der Waals surface area (Å²) < 4.78 is 5.64. The van der Waals surface area contributed by atoms with Gasteiger partial charge in [-0.05, 0) is 23.8 Å². The SMILES string of the molecule is CC(Cl)c1ncc(-c2ccc3ccccc3c2)o1. The average molecular weight is 258 g/mol. The second-order valence-electron chi connectivity index (χ2n) is 4.24. The van der Waals surface area contributed by atoms with Crippen molar-refractivity contribution in [2.24, 2.45) is 0 Å². The third-order valence-electron chi connectivity index (χ3n) is 2.90. The van der Waals surface area contributed by atoms with Gasteiger partial charge in [0.2, 0.25) is 5.89 Å². The van der Waals surface area contributed by atoms with Gasteiger partial charge in [-0.3, -0.25) is 0 Å². The number of halogens is 1. The van der Waals surface area contributed by atoms with Crippen molar-refractivity contribution in [3.05, 3.63) is 54.6 Å². The van der Waals surface area contributed by atoms with E-state index in [1.54, 1.807) is 6.20 Å². The van der Waals surface area contributed by atoms with Crippen molar-refractivity contribution >= 4 is 22.4 Å². The molecule has 3 heteroatoms. The lowest BCUT2D eigenvalue weighted by atomic mass is 10.1. The first-order valence-electron chi connectivity index (χ1n) is 5.83. The van der Waals surface area contributed by atoms with Crippen LogP contribution in [0.15, 0.2) is 53.1 Å². The Hall–Kier alpha value is -1.80. The average Bonchev–Trinajstić information content (AvgIpc) is 2.88. The van der Waals surface area contributed by atoms with Crippen molar-refractivity contribution in [2.75, 3.05) is 0 Å². The first kappa shape index (κ1) is 11.3. The van der Waals surface area contributed by atoms with Crippen molar-refractivity contribution in [1.29, 1.82) is 0 Å². The van der Waals surface area contributed by atoms with Crippen LogP contribution in [0.1, 0.15) is 18.2 Å². The maximum absolute atomic E-state index is 5.94. The van der Waals surface area contributed by atoms with Crippen molar-refractivity contribution in [3.63, 3.8) is 0 Å². The third kappa shape index (κ3) is 2.00. The molecule has 0 saturated heterocycles. The zero-order valence-corrected chi connectivity index (χ0v) is 10.7. The van der Waals surface area contributed by atoms with E-state index in [0.29, 0.717) is 5.89 Å². The van der Waals surface area contributed by atoms with E-state index in [9.17, 15) is 0 Å². The van der Waals surface area contributed by atoms with E-state index in [4.69, 9.17) is 16.0 Å². The number of hydrogen-bond acceptors (Lipinski definition) is 2. The first-order chi connectivity index (χ1) is 8.74. The maximum Gasteiger partial charge on any atom is 0.212 e.